The Morgan fingerprint density at radius 2 is 1.18 bits per heavy atom. The Morgan fingerprint density at radius 3 is 1.53 bits per heavy atom. The molecule has 14 nitrogen and oxygen atoms in total. The zero-order valence-corrected chi connectivity index (χ0v) is 18.7. The Balaban J connectivity index is 0.000000514. The Kier molecular flexibility index (Phi) is 12.3. The number of rotatable bonds is 5. The third-order valence-corrected chi connectivity index (χ3v) is 3.13. The third kappa shape index (κ3) is 10.0. The molecule has 2 aromatic heterocycles. The van der Waals surface area contributed by atoms with Gasteiger partial charge >= 0.3 is 29.8 Å². The molecule has 0 spiro atoms. The van der Waals surface area contributed by atoms with Crippen LogP contribution in [0.5, 0.6) is 23.0 Å². The molecule has 0 radical (unpaired) electrons. The van der Waals surface area contributed by atoms with E-state index in [1.807, 2.05) is 0 Å². The van der Waals surface area contributed by atoms with Gasteiger partial charge in [-0.25, -0.2) is 19.6 Å². The monoisotopic (exact) mass is 482 g/mol. The molecule has 0 aromatic carbocycles. The van der Waals surface area contributed by atoms with Gasteiger partial charge in [-0.3, -0.25) is 14.4 Å². The molecule has 0 atom stereocenters. The zero-order chi connectivity index (χ0) is 26.4. The molecule has 0 bridgehead atoms. The van der Waals surface area contributed by atoms with Crippen LogP contribution in [-0.2, 0) is 19.1 Å². The van der Waals surface area contributed by atoms with Gasteiger partial charge < -0.3 is 34.3 Å². The van der Waals surface area contributed by atoms with E-state index in [-0.39, 0.29) is 22.9 Å². The number of hydrogen-bond acceptors (Lipinski definition) is 12. The Morgan fingerprint density at radius 1 is 0.735 bits per heavy atom. The number of aromatic nitrogens is 2. The lowest BCUT2D eigenvalue weighted by Gasteiger charge is -2.08. The van der Waals surface area contributed by atoms with Gasteiger partial charge in [0, 0.05) is 45.3 Å². The fraction of sp³-hybridized carbons (Fsp3) is 0.250. The fourth-order valence-electron chi connectivity index (χ4n) is 1.95. The van der Waals surface area contributed by atoms with Crippen LogP contribution in [0.4, 0.5) is 0 Å². The standard InChI is InChI=1S/C9H9NO5.C7H7NO4.C4H6O3/c1-5(11)15-8-6(14-2)3-4-10-7(8)9(12)13;1-12-4-2-3-8-5(6(4)9)7(10)11;1-3(5)7-4(2)6/h3-4H,1-2H3,(H,12,13);2-3,9H,1H3,(H,10,11);1-2H3. The SMILES string of the molecule is CC(=O)OC(C)=O.COc1ccnc(C(=O)O)c1O.COc1ccnc(C(=O)O)c1OC(C)=O. The smallest absolute Gasteiger partial charge is 0.358 e. The number of carbonyl (C=O) groups excluding carboxylic acids is 3. The second-order valence-corrected chi connectivity index (χ2v) is 5.69. The van der Waals surface area contributed by atoms with Crippen molar-refractivity contribution in [1.29, 1.82) is 0 Å². The van der Waals surface area contributed by atoms with Gasteiger partial charge in [0.25, 0.3) is 0 Å². The number of esters is 3. The fourth-order valence-corrected chi connectivity index (χ4v) is 1.95. The van der Waals surface area contributed by atoms with Crippen LogP contribution < -0.4 is 14.2 Å². The van der Waals surface area contributed by atoms with Crippen LogP contribution in [0.2, 0.25) is 0 Å². The van der Waals surface area contributed by atoms with Gasteiger partial charge in [-0.05, 0) is 0 Å². The summed E-state index contributed by atoms with van der Waals surface area (Å²) in [6.45, 7) is 3.53. The highest BCUT2D eigenvalue weighted by Crippen LogP contribution is 2.29. The van der Waals surface area contributed by atoms with Gasteiger partial charge in [0.1, 0.15) is 0 Å². The van der Waals surface area contributed by atoms with Crippen molar-refractivity contribution in [1.82, 2.24) is 9.97 Å². The van der Waals surface area contributed by atoms with Crippen molar-refractivity contribution in [3.05, 3.63) is 35.9 Å². The van der Waals surface area contributed by atoms with Crippen molar-refractivity contribution in [3.8, 4) is 23.0 Å². The molecule has 0 unspecified atom stereocenters. The lowest BCUT2D eigenvalue weighted by molar-refractivity contribution is -0.156. The van der Waals surface area contributed by atoms with Gasteiger partial charge in [0.05, 0.1) is 14.2 Å². The Hall–Kier alpha value is -4.75. The molecule has 184 valence electrons. The molecule has 0 amide bonds. The van der Waals surface area contributed by atoms with Gasteiger partial charge in [-0.2, -0.15) is 0 Å². The summed E-state index contributed by atoms with van der Waals surface area (Å²) in [5, 5.41) is 26.5. The van der Waals surface area contributed by atoms with E-state index in [9.17, 15) is 29.1 Å². The summed E-state index contributed by atoms with van der Waals surface area (Å²) in [4.78, 5) is 58.6. The second kappa shape index (κ2) is 14.3. The van der Waals surface area contributed by atoms with E-state index < -0.39 is 41.3 Å². The summed E-state index contributed by atoms with van der Waals surface area (Å²) in [5.41, 5.74) is -0.765. The molecule has 0 aliphatic heterocycles. The molecule has 2 aromatic rings. The first-order valence-electron chi connectivity index (χ1n) is 8.94. The van der Waals surface area contributed by atoms with Crippen molar-refractivity contribution in [2.45, 2.75) is 20.8 Å². The molecular weight excluding hydrogens is 460 g/mol. The highest BCUT2D eigenvalue weighted by atomic mass is 16.6. The van der Waals surface area contributed by atoms with E-state index in [4.69, 9.17) is 19.7 Å². The number of hydrogen-bond donors (Lipinski definition) is 3. The molecular formula is C20H22N2O12. The van der Waals surface area contributed by atoms with Crippen LogP contribution in [0.1, 0.15) is 41.7 Å². The van der Waals surface area contributed by atoms with E-state index in [1.165, 1.54) is 52.6 Å². The minimum atomic E-state index is -1.29. The van der Waals surface area contributed by atoms with Crippen molar-refractivity contribution >= 4 is 29.8 Å². The van der Waals surface area contributed by atoms with Crippen LogP contribution in [-0.4, -0.2) is 69.4 Å². The second-order valence-electron chi connectivity index (χ2n) is 5.69. The molecule has 0 aliphatic rings. The highest BCUT2D eigenvalue weighted by Gasteiger charge is 2.19. The highest BCUT2D eigenvalue weighted by molar-refractivity contribution is 5.91. The summed E-state index contributed by atoms with van der Waals surface area (Å²) in [6, 6.07) is 2.78. The minimum absolute atomic E-state index is 0.0994. The van der Waals surface area contributed by atoms with Gasteiger partial charge in [0.15, 0.2) is 28.6 Å². The van der Waals surface area contributed by atoms with E-state index in [1.54, 1.807) is 0 Å². The topological polar surface area (TPSA) is 209 Å². The molecule has 2 heterocycles. The Labute approximate surface area is 192 Å². The molecule has 3 N–H and O–H groups in total. The maximum atomic E-state index is 10.8. The average molecular weight is 482 g/mol. The molecule has 2 rings (SSSR count). The van der Waals surface area contributed by atoms with Crippen LogP contribution in [0.25, 0.3) is 0 Å². The predicted molar refractivity (Wildman–Crippen MR) is 111 cm³/mol. The van der Waals surface area contributed by atoms with Crippen molar-refractivity contribution in [3.63, 3.8) is 0 Å². The van der Waals surface area contributed by atoms with Crippen LogP contribution in [0, 0.1) is 0 Å². The summed E-state index contributed by atoms with van der Waals surface area (Å²) >= 11 is 0. The summed E-state index contributed by atoms with van der Waals surface area (Å²) < 4.78 is 18.2. The summed E-state index contributed by atoms with van der Waals surface area (Å²) in [7, 11) is 2.68. The first-order chi connectivity index (χ1) is 15.8. The molecule has 0 saturated carbocycles. The number of carboxylic acid groups (broad SMARTS) is 2. The number of methoxy groups -OCH3 is 2. The molecule has 34 heavy (non-hydrogen) atoms. The zero-order valence-electron chi connectivity index (χ0n) is 18.7. The van der Waals surface area contributed by atoms with Crippen LogP contribution in [0.3, 0.4) is 0 Å². The number of nitrogens with zero attached hydrogens (tertiary/aromatic N) is 2. The van der Waals surface area contributed by atoms with E-state index >= 15 is 0 Å². The quantitative estimate of drug-likeness (QED) is 0.405. The lowest BCUT2D eigenvalue weighted by Crippen LogP contribution is -2.10. The molecule has 0 saturated heterocycles. The van der Waals surface area contributed by atoms with Crippen molar-refractivity contribution in [2.75, 3.05) is 14.2 Å². The molecule has 0 fully saturated rings. The Bertz CT molecular complexity index is 1040. The normalized spacial score (nSPS) is 9.09. The van der Waals surface area contributed by atoms with Gasteiger partial charge in [0.2, 0.25) is 5.75 Å². The van der Waals surface area contributed by atoms with Crippen molar-refractivity contribution < 1.29 is 58.2 Å². The van der Waals surface area contributed by atoms with E-state index in [0.717, 1.165) is 6.92 Å². The predicted octanol–water partition coefficient (Wildman–Crippen LogP) is 1.30. The summed E-state index contributed by atoms with van der Waals surface area (Å²) in [5.74, 6) is -4.71. The molecule has 0 aliphatic carbocycles. The lowest BCUT2D eigenvalue weighted by atomic mass is 10.3. The number of carbonyl (C=O) groups is 5. The average Bonchev–Trinajstić information content (AvgIpc) is 2.73. The van der Waals surface area contributed by atoms with E-state index in [2.05, 4.69) is 19.4 Å². The maximum Gasteiger partial charge on any atom is 0.358 e. The first-order valence-corrected chi connectivity index (χ1v) is 8.94. The molecule has 14 heteroatoms. The van der Waals surface area contributed by atoms with Crippen LogP contribution >= 0.6 is 0 Å². The third-order valence-electron chi connectivity index (χ3n) is 3.13. The van der Waals surface area contributed by atoms with Crippen molar-refractivity contribution in [2.24, 2.45) is 0 Å². The maximum absolute atomic E-state index is 10.8. The number of carboxylic acids is 2. The number of pyridine rings is 2. The first kappa shape index (κ1) is 29.2. The number of ether oxygens (including phenoxy) is 4. The van der Waals surface area contributed by atoms with Crippen LogP contribution in [0.15, 0.2) is 24.5 Å². The minimum Gasteiger partial charge on any atom is -0.503 e. The number of aromatic carboxylic acids is 2. The summed E-state index contributed by atoms with van der Waals surface area (Å²) in [6.07, 6.45) is 2.51. The largest absolute Gasteiger partial charge is 0.503 e. The number of aromatic hydroxyl groups is 1. The van der Waals surface area contributed by atoms with Gasteiger partial charge in [-0.1, -0.05) is 0 Å². The van der Waals surface area contributed by atoms with E-state index in [0.29, 0.717) is 0 Å². The van der Waals surface area contributed by atoms with Gasteiger partial charge in [-0.15, -0.1) is 0 Å².